The smallest absolute Gasteiger partial charge is 0.303 e. The summed E-state index contributed by atoms with van der Waals surface area (Å²) in [6.45, 7) is 1.14. The normalized spacial score (nSPS) is 29.5. The largest absolute Gasteiger partial charge is 0.457 e. The van der Waals surface area contributed by atoms with E-state index in [9.17, 15) is 9.59 Å². The summed E-state index contributed by atoms with van der Waals surface area (Å²) in [6.07, 6.45) is -5.38. The molecule has 2 fully saturated rings. The fourth-order valence-electron chi connectivity index (χ4n) is 3.35. The van der Waals surface area contributed by atoms with Crippen molar-refractivity contribution in [2.75, 3.05) is 6.61 Å². The second-order valence-electron chi connectivity index (χ2n) is 7.24. The maximum atomic E-state index is 12.5. The van der Waals surface area contributed by atoms with Crippen LogP contribution in [0.5, 0.6) is 0 Å². The Hall–Kier alpha value is -0.750. The highest BCUT2D eigenvalue weighted by atomic mass is 35.6. The molecule has 0 spiro atoms. The molecule has 1 aromatic carbocycles. The Morgan fingerprint density at radius 2 is 1.68 bits per heavy atom. The highest BCUT2D eigenvalue weighted by Gasteiger charge is 2.55. The molecule has 2 N–H and O–H groups in total. The molecule has 15 heteroatoms. The number of benzene rings is 1. The van der Waals surface area contributed by atoms with Crippen LogP contribution in [0.3, 0.4) is 0 Å². The minimum absolute atomic E-state index is 0.0198. The SMILES string of the molecule is CC(=O)O[C@@H]1[C@@H](NC(=O)C(Cl)(Cl)Cl)[C@@H](OC(=N)C(Cl)(Cl)Cl)O[C@@H]2CO[C@@H](c3ccccc3)O[C@@H]12. The van der Waals surface area contributed by atoms with Crippen molar-refractivity contribution < 1.29 is 33.3 Å². The molecule has 0 unspecified atom stereocenters. The lowest BCUT2D eigenvalue weighted by Gasteiger charge is -2.48. The van der Waals surface area contributed by atoms with E-state index in [0.717, 1.165) is 6.92 Å². The summed E-state index contributed by atoms with van der Waals surface area (Å²) < 4.78 is 23.9. The first-order chi connectivity index (χ1) is 15.8. The number of rotatable bonds is 4. The molecular weight excluding hydrogens is 581 g/mol. The van der Waals surface area contributed by atoms with E-state index >= 15 is 0 Å². The van der Waals surface area contributed by atoms with Gasteiger partial charge in [-0.25, -0.2) is 0 Å². The number of hydrogen-bond donors (Lipinski definition) is 2. The number of carbonyl (C=O) groups excluding carboxylic acids is 2. The molecule has 0 aromatic heterocycles. The van der Waals surface area contributed by atoms with E-state index in [1.807, 2.05) is 6.07 Å². The van der Waals surface area contributed by atoms with Crippen LogP contribution in [-0.4, -0.2) is 62.6 Å². The molecule has 9 nitrogen and oxygen atoms in total. The molecule has 0 saturated carbocycles. The Morgan fingerprint density at radius 1 is 1.03 bits per heavy atom. The second-order valence-corrected chi connectivity index (χ2v) is 11.8. The van der Waals surface area contributed by atoms with Crippen LogP contribution in [0.15, 0.2) is 30.3 Å². The molecule has 2 heterocycles. The Bertz CT molecular complexity index is 911. The minimum Gasteiger partial charge on any atom is -0.457 e. The van der Waals surface area contributed by atoms with Gasteiger partial charge in [-0.1, -0.05) is 99.9 Å². The molecule has 34 heavy (non-hydrogen) atoms. The van der Waals surface area contributed by atoms with E-state index in [-0.39, 0.29) is 6.61 Å². The molecule has 188 valence electrons. The Balaban J connectivity index is 1.94. The number of hydrogen-bond acceptors (Lipinski definition) is 8. The van der Waals surface area contributed by atoms with E-state index in [1.165, 1.54) is 0 Å². The van der Waals surface area contributed by atoms with E-state index in [0.29, 0.717) is 5.56 Å². The quantitative estimate of drug-likeness (QED) is 0.233. The topological polar surface area (TPSA) is 116 Å². The van der Waals surface area contributed by atoms with Crippen molar-refractivity contribution in [3.63, 3.8) is 0 Å². The molecular formula is C19H18Cl6N2O7. The molecule has 2 saturated heterocycles. The van der Waals surface area contributed by atoms with Crippen molar-refractivity contribution in [3.05, 3.63) is 35.9 Å². The number of alkyl halides is 6. The number of nitrogens with one attached hydrogen (secondary N) is 2. The highest BCUT2D eigenvalue weighted by molar-refractivity contribution is 6.76. The second kappa shape index (κ2) is 11.1. The maximum Gasteiger partial charge on any atom is 0.303 e. The monoisotopic (exact) mass is 596 g/mol. The number of halogens is 6. The predicted octanol–water partition coefficient (Wildman–Crippen LogP) is 3.98. The van der Waals surface area contributed by atoms with E-state index in [4.69, 9.17) is 98.7 Å². The van der Waals surface area contributed by atoms with Crippen LogP contribution in [-0.2, 0) is 33.3 Å². The number of esters is 1. The molecule has 2 aliphatic heterocycles. The average Bonchev–Trinajstić information content (AvgIpc) is 2.74. The van der Waals surface area contributed by atoms with Gasteiger partial charge in [-0.2, -0.15) is 0 Å². The van der Waals surface area contributed by atoms with Gasteiger partial charge in [0, 0.05) is 12.5 Å². The first kappa shape index (κ1) is 27.8. The van der Waals surface area contributed by atoms with Gasteiger partial charge in [0.05, 0.1) is 6.61 Å². The molecule has 1 aromatic rings. The minimum atomic E-state index is -2.38. The summed E-state index contributed by atoms with van der Waals surface area (Å²) >= 11 is 34.2. The van der Waals surface area contributed by atoms with E-state index in [1.54, 1.807) is 24.3 Å². The van der Waals surface area contributed by atoms with Crippen LogP contribution >= 0.6 is 69.6 Å². The van der Waals surface area contributed by atoms with Crippen LogP contribution in [0.4, 0.5) is 0 Å². The third-order valence-corrected chi connectivity index (χ3v) is 5.79. The van der Waals surface area contributed by atoms with Gasteiger partial charge in [0.15, 0.2) is 12.4 Å². The summed E-state index contributed by atoms with van der Waals surface area (Å²) in [7, 11) is 0. The van der Waals surface area contributed by atoms with Crippen LogP contribution < -0.4 is 5.32 Å². The van der Waals surface area contributed by atoms with Crippen LogP contribution in [0, 0.1) is 5.41 Å². The molecule has 2 aliphatic rings. The van der Waals surface area contributed by atoms with Gasteiger partial charge in [-0.05, 0) is 0 Å². The van der Waals surface area contributed by atoms with Crippen LogP contribution in [0.1, 0.15) is 18.8 Å². The zero-order chi connectivity index (χ0) is 25.3. The third-order valence-electron chi connectivity index (χ3n) is 4.76. The van der Waals surface area contributed by atoms with Crippen molar-refractivity contribution >= 4 is 87.4 Å². The van der Waals surface area contributed by atoms with E-state index < -0.39 is 62.3 Å². The summed E-state index contributed by atoms with van der Waals surface area (Å²) in [5, 5.41) is 10.3. The van der Waals surface area contributed by atoms with Gasteiger partial charge >= 0.3 is 5.97 Å². The van der Waals surface area contributed by atoms with Gasteiger partial charge in [0.1, 0.15) is 18.2 Å². The summed E-state index contributed by atoms with van der Waals surface area (Å²) in [5.41, 5.74) is 0.695. The molecule has 0 radical (unpaired) electrons. The zero-order valence-electron chi connectivity index (χ0n) is 17.2. The molecule has 6 atom stereocenters. The average molecular weight is 599 g/mol. The van der Waals surface area contributed by atoms with Crippen LogP contribution in [0.2, 0.25) is 0 Å². The maximum absolute atomic E-state index is 12.5. The number of fused-ring (bicyclic) bond motifs is 1. The Kier molecular flexibility index (Phi) is 9.09. The van der Waals surface area contributed by atoms with Crippen molar-refractivity contribution in [1.29, 1.82) is 5.41 Å². The first-order valence-electron chi connectivity index (χ1n) is 9.62. The number of ether oxygens (including phenoxy) is 5. The standard InChI is InChI=1S/C19H18Cl6N2O7/c1-8(28)31-13-11(27-17(29)19(23,24)25)15(34-16(26)18(20,21)22)32-10-7-30-14(33-12(10)13)9-5-3-2-4-6-9/h2-6,10-15,26H,7H2,1H3,(H,27,29)/t10-,11-,12-,13-,14-,15-/m1/s1. The van der Waals surface area contributed by atoms with Gasteiger partial charge in [-0.3, -0.25) is 15.0 Å². The Morgan fingerprint density at radius 3 is 2.24 bits per heavy atom. The van der Waals surface area contributed by atoms with Crippen molar-refractivity contribution in [3.8, 4) is 0 Å². The predicted molar refractivity (Wildman–Crippen MR) is 126 cm³/mol. The fraction of sp³-hybridized carbons (Fsp3) is 0.526. The summed E-state index contributed by atoms with van der Waals surface area (Å²) in [5.74, 6) is -2.61. The van der Waals surface area contributed by atoms with Crippen LogP contribution in [0.25, 0.3) is 0 Å². The van der Waals surface area contributed by atoms with Gasteiger partial charge in [0.25, 0.3) is 13.5 Å². The molecule has 3 rings (SSSR count). The van der Waals surface area contributed by atoms with Crippen molar-refractivity contribution in [2.24, 2.45) is 0 Å². The third kappa shape index (κ3) is 6.93. The highest BCUT2D eigenvalue weighted by Crippen LogP contribution is 2.38. The summed E-state index contributed by atoms with van der Waals surface area (Å²) in [4.78, 5) is 24.4. The zero-order valence-corrected chi connectivity index (χ0v) is 21.7. The Labute approximate surface area is 224 Å². The van der Waals surface area contributed by atoms with Gasteiger partial charge < -0.3 is 29.0 Å². The lowest BCUT2D eigenvalue weighted by atomic mass is 9.95. The van der Waals surface area contributed by atoms with E-state index in [2.05, 4.69) is 5.32 Å². The molecule has 0 bridgehead atoms. The molecule has 1 amide bonds. The van der Waals surface area contributed by atoms with Gasteiger partial charge in [-0.15, -0.1) is 0 Å². The molecule has 0 aliphatic carbocycles. The number of carbonyl (C=O) groups is 2. The summed E-state index contributed by atoms with van der Waals surface area (Å²) in [6, 6.07) is 7.65. The lowest BCUT2D eigenvalue weighted by molar-refractivity contribution is -0.336. The number of amides is 1. The fourth-order valence-corrected chi connectivity index (χ4v) is 3.65. The van der Waals surface area contributed by atoms with Crippen molar-refractivity contribution in [2.45, 2.75) is 51.4 Å². The first-order valence-corrected chi connectivity index (χ1v) is 11.9. The van der Waals surface area contributed by atoms with Crippen molar-refractivity contribution in [1.82, 2.24) is 5.32 Å². The van der Waals surface area contributed by atoms with Gasteiger partial charge in [0.2, 0.25) is 12.2 Å². The lowest BCUT2D eigenvalue weighted by Crippen LogP contribution is -2.68.